The van der Waals surface area contributed by atoms with E-state index in [0.29, 0.717) is 23.6 Å². The van der Waals surface area contributed by atoms with Gasteiger partial charge in [-0.2, -0.15) is 5.10 Å². The zero-order valence-electron chi connectivity index (χ0n) is 11.9. The van der Waals surface area contributed by atoms with Gasteiger partial charge in [-0.3, -0.25) is 10.0 Å². The van der Waals surface area contributed by atoms with Gasteiger partial charge in [-0.1, -0.05) is 6.07 Å². The number of ether oxygens (including phenoxy) is 1. The molecule has 0 aliphatic rings. The van der Waals surface area contributed by atoms with Gasteiger partial charge in [-0.15, -0.1) is 0 Å². The Labute approximate surface area is 126 Å². The van der Waals surface area contributed by atoms with Crippen LogP contribution >= 0.6 is 0 Å². The fourth-order valence-corrected chi connectivity index (χ4v) is 2.17. The summed E-state index contributed by atoms with van der Waals surface area (Å²) in [5, 5.41) is 13.7. The van der Waals surface area contributed by atoms with Crippen LogP contribution in [0.15, 0.2) is 42.7 Å². The van der Waals surface area contributed by atoms with E-state index in [4.69, 9.17) is 9.94 Å². The van der Waals surface area contributed by atoms with E-state index in [1.54, 1.807) is 52.9 Å². The van der Waals surface area contributed by atoms with Crippen LogP contribution in [0.25, 0.3) is 11.0 Å². The molecule has 0 saturated heterocycles. The van der Waals surface area contributed by atoms with Crippen LogP contribution in [0, 0.1) is 0 Å². The number of benzene rings is 1. The van der Waals surface area contributed by atoms with Crippen molar-refractivity contribution in [2.75, 3.05) is 0 Å². The Morgan fingerprint density at radius 1 is 1.41 bits per heavy atom. The first-order valence-electron chi connectivity index (χ1n) is 6.75. The number of carbonyl (C=O) groups excluding carboxylic acids is 1. The van der Waals surface area contributed by atoms with Gasteiger partial charge in [0, 0.05) is 18.3 Å². The molecule has 0 unspecified atom stereocenters. The lowest BCUT2D eigenvalue weighted by Gasteiger charge is -2.08. The highest BCUT2D eigenvalue weighted by Crippen LogP contribution is 2.28. The molecule has 0 spiro atoms. The Morgan fingerprint density at radius 3 is 3.05 bits per heavy atom. The minimum atomic E-state index is -0.593. The maximum Gasteiger partial charge on any atom is 0.274 e. The third-order valence-electron chi connectivity index (χ3n) is 3.22. The normalized spacial score (nSPS) is 10.6. The maximum absolute atomic E-state index is 11.4. The smallest absolute Gasteiger partial charge is 0.274 e. The molecule has 0 aliphatic heterocycles. The molecule has 0 bridgehead atoms. The van der Waals surface area contributed by atoms with Crippen molar-refractivity contribution in [1.29, 1.82) is 0 Å². The quantitative estimate of drug-likeness (QED) is 0.570. The number of carbonyl (C=O) groups is 1. The van der Waals surface area contributed by atoms with Crippen molar-refractivity contribution < 1.29 is 14.7 Å². The van der Waals surface area contributed by atoms with Gasteiger partial charge in [0.2, 0.25) is 0 Å². The number of aromatic nitrogens is 3. The van der Waals surface area contributed by atoms with Crippen LogP contribution in [-0.2, 0) is 6.54 Å². The van der Waals surface area contributed by atoms with Gasteiger partial charge >= 0.3 is 0 Å². The Bertz CT molecular complexity index is 829. The third kappa shape index (κ3) is 2.49. The molecular formula is C15H14N4O3. The van der Waals surface area contributed by atoms with Gasteiger partial charge in [-0.25, -0.2) is 15.1 Å². The highest BCUT2D eigenvalue weighted by molar-refractivity contribution is 5.93. The van der Waals surface area contributed by atoms with Crippen molar-refractivity contribution >= 4 is 16.9 Å². The van der Waals surface area contributed by atoms with Gasteiger partial charge in [0.05, 0.1) is 11.6 Å². The molecule has 0 fully saturated rings. The molecule has 0 saturated carbocycles. The lowest BCUT2D eigenvalue weighted by molar-refractivity contribution is 0.0706. The lowest BCUT2D eigenvalue weighted by atomic mass is 10.2. The molecule has 3 aromatic rings. The topological polar surface area (TPSA) is 89.3 Å². The average molecular weight is 298 g/mol. The molecule has 2 aromatic heterocycles. The fourth-order valence-electron chi connectivity index (χ4n) is 2.17. The number of pyridine rings is 1. The van der Waals surface area contributed by atoms with E-state index in [1.165, 1.54) is 0 Å². The van der Waals surface area contributed by atoms with Gasteiger partial charge < -0.3 is 4.74 Å². The second-order valence-electron chi connectivity index (χ2n) is 4.58. The zero-order chi connectivity index (χ0) is 15.5. The largest absolute Gasteiger partial charge is 0.456 e. The summed E-state index contributed by atoms with van der Waals surface area (Å²) in [7, 11) is 0. The summed E-state index contributed by atoms with van der Waals surface area (Å²) in [6, 6.07) is 8.26. The number of amides is 1. The standard InChI is InChI=1S/C15H14N4O3/c1-2-19-14-12(9-17-19)13(6-7-16-14)22-11-5-3-4-10(8-11)15(20)18-21/h3-9,21H,2H2,1H3,(H,18,20). The van der Waals surface area contributed by atoms with E-state index >= 15 is 0 Å². The van der Waals surface area contributed by atoms with E-state index < -0.39 is 5.91 Å². The van der Waals surface area contributed by atoms with Crippen LogP contribution < -0.4 is 10.2 Å². The molecule has 22 heavy (non-hydrogen) atoms. The number of hydrogen-bond donors (Lipinski definition) is 2. The second-order valence-corrected chi connectivity index (χ2v) is 4.58. The number of aryl methyl sites for hydroxylation is 1. The second kappa shape index (κ2) is 5.82. The number of hydrogen-bond acceptors (Lipinski definition) is 5. The number of hydroxylamine groups is 1. The molecule has 1 aromatic carbocycles. The molecule has 3 rings (SSSR count). The third-order valence-corrected chi connectivity index (χ3v) is 3.22. The SMILES string of the molecule is CCn1ncc2c(Oc3cccc(C(=O)NO)c3)ccnc21. The summed E-state index contributed by atoms with van der Waals surface area (Å²) in [5.41, 5.74) is 2.64. The Balaban J connectivity index is 1.97. The molecule has 7 nitrogen and oxygen atoms in total. The average Bonchev–Trinajstić information content (AvgIpc) is 2.98. The first-order valence-corrected chi connectivity index (χ1v) is 6.75. The summed E-state index contributed by atoms with van der Waals surface area (Å²) in [4.78, 5) is 15.7. The van der Waals surface area contributed by atoms with Crippen molar-refractivity contribution in [2.24, 2.45) is 0 Å². The van der Waals surface area contributed by atoms with Crippen molar-refractivity contribution in [2.45, 2.75) is 13.5 Å². The van der Waals surface area contributed by atoms with E-state index in [2.05, 4.69) is 10.1 Å². The van der Waals surface area contributed by atoms with Crippen molar-refractivity contribution in [3.05, 3.63) is 48.3 Å². The predicted octanol–water partition coefficient (Wildman–Crippen LogP) is 2.36. The van der Waals surface area contributed by atoms with Crippen LogP contribution in [0.4, 0.5) is 0 Å². The van der Waals surface area contributed by atoms with Crippen LogP contribution in [0.2, 0.25) is 0 Å². The number of nitrogens with zero attached hydrogens (tertiary/aromatic N) is 3. The van der Waals surface area contributed by atoms with Crippen molar-refractivity contribution in [3.63, 3.8) is 0 Å². The zero-order valence-corrected chi connectivity index (χ0v) is 11.9. The molecule has 0 atom stereocenters. The minimum absolute atomic E-state index is 0.301. The van der Waals surface area contributed by atoms with Crippen molar-refractivity contribution in [1.82, 2.24) is 20.2 Å². The van der Waals surface area contributed by atoms with Gasteiger partial charge in [-0.05, 0) is 31.2 Å². The molecule has 0 radical (unpaired) electrons. The number of fused-ring (bicyclic) bond motifs is 1. The Morgan fingerprint density at radius 2 is 2.27 bits per heavy atom. The lowest BCUT2D eigenvalue weighted by Crippen LogP contribution is -2.18. The summed E-state index contributed by atoms with van der Waals surface area (Å²) < 4.78 is 7.61. The van der Waals surface area contributed by atoms with Crippen LogP contribution in [0.5, 0.6) is 11.5 Å². The Kier molecular flexibility index (Phi) is 3.71. The van der Waals surface area contributed by atoms with E-state index in [0.717, 1.165) is 11.0 Å². The number of nitrogens with one attached hydrogen (secondary N) is 1. The molecule has 2 heterocycles. The first kappa shape index (κ1) is 14.0. The number of rotatable bonds is 4. The van der Waals surface area contributed by atoms with Crippen LogP contribution in [0.3, 0.4) is 0 Å². The van der Waals surface area contributed by atoms with Gasteiger partial charge in [0.25, 0.3) is 5.91 Å². The summed E-state index contributed by atoms with van der Waals surface area (Å²) in [5.74, 6) is 0.494. The van der Waals surface area contributed by atoms with Gasteiger partial charge in [0.15, 0.2) is 5.65 Å². The van der Waals surface area contributed by atoms with E-state index in [1.807, 2.05) is 6.92 Å². The highest BCUT2D eigenvalue weighted by atomic mass is 16.5. The molecular weight excluding hydrogens is 284 g/mol. The molecule has 112 valence electrons. The molecule has 7 heteroatoms. The fraction of sp³-hybridized carbons (Fsp3) is 0.133. The van der Waals surface area contributed by atoms with Crippen molar-refractivity contribution in [3.8, 4) is 11.5 Å². The van der Waals surface area contributed by atoms with Crippen LogP contribution in [-0.4, -0.2) is 25.9 Å². The molecule has 0 aliphatic carbocycles. The monoisotopic (exact) mass is 298 g/mol. The molecule has 2 N–H and O–H groups in total. The minimum Gasteiger partial charge on any atom is -0.456 e. The Hall–Kier alpha value is -2.93. The maximum atomic E-state index is 11.4. The van der Waals surface area contributed by atoms with Crippen LogP contribution in [0.1, 0.15) is 17.3 Å². The summed E-state index contributed by atoms with van der Waals surface area (Å²) in [6.07, 6.45) is 3.35. The van der Waals surface area contributed by atoms with Gasteiger partial charge in [0.1, 0.15) is 11.5 Å². The highest BCUT2D eigenvalue weighted by Gasteiger charge is 2.10. The van der Waals surface area contributed by atoms with E-state index in [-0.39, 0.29) is 0 Å². The molecule has 1 amide bonds. The summed E-state index contributed by atoms with van der Waals surface area (Å²) >= 11 is 0. The predicted molar refractivity (Wildman–Crippen MR) is 79.0 cm³/mol. The van der Waals surface area contributed by atoms with E-state index in [9.17, 15) is 4.79 Å². The first-order chi connectivity index (χ1) is 10.7. The summed E-state index contributed by atoms with van der Waals surface area (Å²) in [6.45, 7) is 2.70.